The summed E-state index contributed by atoms with van der Waals surface area (Å²) in [7, 11) is -2.95. The quantitative estimate of drug-likeness (QED) is 0.677. The Balaban J connectivity index is 1.92. The SMILES string of the molecule is CCN(C(=O)CN(CCC(C)C)C1CC1)C1CCS(=O)(=O)C1. The van der Waals surface area contributed by atoms with Gasteiger partial charge in [0.15, 0.2) is 9.84 Å². The number of carbonyl (C=O) groups is 1. The average molecular weight is 330 g/mol. The topological polar surface area (TPSA) is 57.7 Å². The maximum absolute atomic E-state index is 12.6. The van der Waals surface area contributed by atoms with E-state index in [1.54, 1.807) is 4.90 Å². The minimum Gasteiger partial charge on any atom is -0.338 e. The van der Waals surface area contributed by atoms with Crippen molar-refractivity contribution in [2.75, 3.05) is 31.1 Å². The maximum atomic E-state index is 12.6. The molecule has 22 heavy (non-hydrogen) atoms. The molecule has 6 heteroatoms. The first kappa shape index (κ1) is 17.7. The van der Waals surface area contributed by atoms with Crippen LogP contribution in [-0.4, -0.2) is 67.3 Å². The van der Waals surface area contributed by atoms with Crippen molar-refractivity contribution in [2.24, 2.45) is 5.92 Å². The van der Waals surface area contributed by atoms with Crippen molar-refractivity contribution < 1.29 is 13.2 Å². The number of rotatable bonds is 8. The van der Waals surface area contributed by atoms with Gasteiger partial charge in [-0.2, -0.15) is 0 Å². The lowest BCUT2D eigenvalue weighted by atomic mass is 10.1. The summed E-state index contributed by atoms with van der Waals surface area (Å²) in [4.78, 5) is 16.7. The lowest BCUT2D eigenvalue weighted by Gasteiger charge is -2.30. The molecule has 5 nitrogen and oxygen atoms in total. The van der Waals surface area contributed by atoms with Gasteiger partial charge in [0.2, 0.25) is 5.91 Å². The molecular weight excluding hydrogens is 300 g/mol. The first-order chi connectivity index (χ1) is 10.3. The van der Waals surface area contributed by atoms with Crippen molar-refractivity contribution >= 4 is 15.7 Å². The molecule has 1 amide bonds. The van der Waals surface area contributed by atoms with Gasteiger partial charge in [-0.25, -0.2) is 8.42 Å². The number of amides is 1. The van der Waals surface area contributed by atoms with E-state index in [-0.39, 0.29) is 23.5 Å². The fraction of sp³-hybridized carbons (Fsp3) is 0.938. The van der Waals surface area contributed by atoms with E-state index in [9.17, 15) is 13.2 Å². The van der Waals surface area contributed by atoms with Gasteiger partial charge in [0, 0.05) is 18.6 Å². The molecule has 1 heterocycles. The fourth-order valence-corrected chi connectivity index (χ4v) is 4.91. The van der Waals surface area contributed by atoms with E-state index in [1.165, 1.54) is 12.8 Å². The van der Waals surface area contributed by atoms with Gasteiger partial charge >= 0.3 is 0 Å². The smallest absolute Gasteiger partial charge is 0.237 e. The fourth-order valence-electron chi connectivity index (χ4n) is 3.18. The van der Waals surface area contributed by atoms with Crippen molar-refractivity contribution in [3.63, 3.8) is 0 Å². The van der Waals surface area contributed by atoms with Gasteiger partial charge in [-0.3, -0.25) is 9.69 Å². The Kier molecular flexibility index (Phi) is 5.88. The molecule has 0 N–H and O–H groups in total. The van der Waals surface area contributed by atoms with Crippen LogP contribution in [0.4, 0.5) is 0 Å². The van der Waals surface area contributed by atoms with E-state index in [1.807, 2.05) is 6.92 Å². The van der Waals surface area contributed by atoms with Gasteiger partial charge in [-0.05, 0) is 45.1 Å². The van der Waals surface area contributed by atoms with Crippen LogP contribution in [0.15, 0.2) is 0 Å². The minimum absolute atomic E-state index is 0.0975. The summed E-state index contributed by atoms with van der Waals surface area (Å²) in [6.07, 6.45) is 4.08. The van der Waals surface area contributed by atoms with E-state index >= 15 is 0 Å². The molecular formula is C16H30N2O3S. The Hall–Kier alpha value is -0.620. The molecule has 2 aliphatic rings. The molecule has 1 unspecified atom stereocenters. The summed E-state index contributed by atoms with van der Waals surface area (Å²) < 4.78 is 23.3. The van der Waals surface area contributed by atoms with Crippen LogP contribution in [0.25, 0.3) is 0 Å². The molecule has 2 rings (SSSR count). The third kappa shape index (κ3) is 4.95. The highest BCUT2D eigenvalue weighted by molar-refractivity contribution is 7.91. The zero-order chi connectivity index (χ0) is 16.3. The molecule has 2 fully saturated rings. The van der Waals surface area contributed by atoms with E-state index in [2.05, 4.69) is 18.7 Å². The molecule has 0 spiro atoms. The number of hydrogen-bond acceptors (Lipinski definition) is 4. The Morgan fingerprint density at radius 3 is 2.32 bits per heavy atom. The summed E-state index contributed by atoms with van der Waals surface area (Å²) in [5, 5.41) is 0. The minimum atomic E-state index is -2.95. The van der Waals surface area contributed by atoms with Crippen molar-refractivity contribution in [1.82, 2.24) is 9.80 Å². The van der Waals surface area contributed by atoms with Crippen LogP contribution >= 0.6 is 0 Å². The molecule has 0 radical (unpaired) electrons. The highest BCUT2D eigenvalue weighted by Crippen LogP contribution is 2.28. The summed E-state index contributed by atoms with van der Waals surface area (Å²) >= 11 is 0. The van der Waals surface area contributed by atoms with Gasteiger partial charge in [0.05, 0.1) is 18.1 Å². The van der Waals surface area contributed by atoms with Crippen LogP contribution in [0.5, 0.6) is 0 Å². The number of nitrogens with zero attached hydrogens (tertiary/aromatic N) is 2. The third-order valence-electron chi connectivity index (χ3n) is 4.71. The van der Waals surface area contributed by atoms with Gasteiger partial charge < -0.3 is 4.90 Å². The standard InChI is InChI=1S/C16H30N2O3S/c1-4-18(15-8-10-22(20,21)12-15)16(19)11-17(14-5-6-14)9-7-13(2)3/h13-15H,4-12H2,1-3H3. The molecule has 128 valence electrons. The van der Waals surface area contributed by atoms with Crippen molar-refractivity contribution in [3.05, 3.63) is 0 Å². The number of likely N-dealkylation sites (N-methyl/N-ethyl adjacent to an activating group) is 1. The van der Waals surface area contributed by atoms with Gasteiger partial charge in [-0.15, -0.1) is 0 Å². The molecule has 1 saturated heterocycles. The lowest BCUT2D eigenvalue weighted by molar-refractivity contribution is -0.134. The Bertz CT molecular complexity index is 486. The molecule has 0 bridgehead atoms. The zero-order valence-corrected chi connectivity index (χ0v) is 14.9. The van der Waals surface area contributed by atoms with Crippen LogP contribution < -0.4 is 0 Å². The van der Waals surface area contributed by atoms with E-state index < -0.39 is 9.84 Å². The molecule has 0 aromatic heterocycles. The Labute approximate surface area is 135 Å². The zero-order valence-electron chi connectivity index (χ0n) is 14.1. The maximum Gasteiger partial charge on any atom is 0.237 e. The second-order valence-electron chi connectivity index (χ2n) is 7.12. The molecule has 0 aromatic rings. The number of carbonyl (C=O) groups excluding carboxylic acids is 1. The first-order valence-electron chi connectivity index (χ1n) is 8.56. The normalized spacial score (nSPS) is 24.1. The van der Waals surface area contributed by atoms with E-state index in [4.69, 9.17) is 0 Å². The van der Waals surface area contributed by atoms with Gasteiger partial charge in [0.25, 0.3) is 0 Å². The van der Waals surface area contributed by atoms with Gasteiger partial charge in [-0.1, -0.05) is 13.8 Å². The Morgan fingerprint density at radius 1 is 1.18 bits per heavy atom. The molecule has 1 saturated carbocycles. The van der Waals surface area contributed by atoms with Crippen LogP contribution in [0, 0.1) is 5.92 Å². The monoisotopic (exact) mass is 330 g/mol. The summed E-state index contributed by atoms with van der Waals surface area (Å²) in [6.45, 7) is 8.36. The van der Waals surface area contributed by atoms with Crippen LogP contribution in [0.2, 0.25) is 0 Å². The highest BCUT2D eigenvalue weighted by Gasteiger charge is 2.36. The Morgan fingerprint density at radius 2 is 1.86 bits per heavy atom. The molecule has 1 aliphatic heterocycles. The summed E-state index contributed by atoms with van der Waals surface area (Å²) in [5.41, 5.74) is 0. The van der Waals surface area contributed by atoms with Gasteiger partial charge in [0.1, 0.15) is 0 Å². The third-order valence-corrected chi connectivity index (χ3v) is 6.46. The summed E-state index contributed by atoms with van der Waals surface area (Å²) in [6, 6.07) is 0.447. The van der Waals surface area contributed by atoms with Crippen molar-refractivity contribution in [2.45, 2.75) is 58.5 Å². The van der Waals surface area contributed by atoms with Crippen LogP contribution in [0.3, 0.4) is 0 Å². The second kappa shape index (κ2) is 7.30. The molecule has 1 atom stereocenters. The summed E-state index contributed by atoms with van der Waals surface area (Å²) in [5.74, 6) is 1.10. The second-order valence-corrected chi connectivity index (χ2v) is 9.35. The van der Waals surface area contributed by atoms with E-state index in [0.29, 0.717) is 31.5 Å². The number of sulfone groups is 1. The molecule has 1 aliphatic carbocycles. The van der Waals surface area contributed by atoms with E-state index in [0.717, 1.165) is 13.0 Å². The predicted molar refractivity (Wildman–Crippen MR) is 88.5 cm³/mol. The van der Waals surface area contributed by atoms with Crippen molar-refractivity contribution in [3.8, 4) is 0 Å². The lowest BCUT2D eigenvalue weighted by Crippen LogP contribution is -2.47. The first-order valence-corrected chi connectivity index (χ1v) is 10.4. The van der Waals surface area contributed by atoms with Crippen LogP contribution in [-0.2, 0) is 14.6 Å². The van der Waals surface area contributed by atoms with Crippen LogP contribution in [0.1, 0.15) is 46.5 Å². The largest absolute Gasteiger partial charge is 0.338 e. The predicted octanol–water partition coefficient (Wildman–Crippen LogP) is 1.53. The average Bonchev–Trinajstić information content (AvgIpc) is 3.20. The molecule has 0 aromatic carbocycles. The highest BCUT2D eigenvalue weighted by atomic mass is 32.2. The number of hydrogen-bond donors (Lipinski definition) is 0. The van der Waals surface area contributed by atoms with Crippen molar-refractivity contribution in [1.29, 1.82) is 0 Å².